The second-order valence-corrected chi connectivity index (χ2v) is 15.3. The summed E-state index contributed by atoms with van der Waals surface area (Å²) in [6, 6.07) is 0. The van der Waals surface area contributed by atoms with Crippen LogP contribution in [0.15, 0.2) is 12.7 Å². The zero-order valence-electron chi connectivity index (χ0n) is 26.4. The van der Waals surface area contributed by atoms with Crippen molar-refractivity contribution in [3.8, 4) is 0 Å². The van der Waals surface area contributed by atoms with Crippen LogP contribution in [0.25, 0.3) is 0 Å². The molecule has 11 heteroatoms. The minimum atomic E-state index is -2.43. The van der Waals surface area contributed by atoms with Gasteiger partial charge in [-0.1, -0.05) is 33.4 Å². The van der Waals surface area contributed by atoms with Crippen molar-refractivity contribution in [1.29, 1.82) is 0 Å². The molecule has 4 saturated carbocycles. The number of carbonyl (C=O) groups excluding carboxylic acids is 1. The standard InChI is InChI=1S/C33H55NO10/c1-5-10-43-26(39)9-6-16(2)19-7-8-20-27-21(14-25(38)32(19,20)4)31(3)17(12-23(27)37)11-18(36)13-22(31)28-30(41)33(34,42)29(40)24(15-35)44-28/h5,16-25,27-30,35-38,40-42H,1,6-15,34H2,2-4H3/t16-,17+,18+,19-,20+,21+,22?,23-,24-,25+,27+,28?,29-,30+,31+,32-,33+/m1/s1. The van der Waals surface area contributed by atoms with Gasteiger partial charge < -0.3 is 45.2 Å². The van der Waals surface area contributed by atoms with Crippen LogP contribution >= 0.6 is 0 Å². The zero-order valence-corrected chi connectivity index (χ0v) is 26.4. The Bertz CT molecular complexity index is 1060. The van der Waals surface area contributed by atoms with Gasteiger partial charge in [0.15, 0.2) is 5.72 Å². The van der Waals surface area contributed by atoms with Crippen LogP contribution in [-0.4, -0.2) is 103 Å². The number of rotatable bonds is 8. The summed E-state index contributed by atoms with van der Waals surface area (Å²) in [6.45, 7) is 9.52. The minimum absolute atomic E-state index is 0.0207. The molecule has 0 amide bonds. The van der Waals surface area contributed by atoms with Gasteiger partial charge in [-0.05, 0) is 97.2 Å². The topological polar surface area (TPSA) is 203 Å². The number of aliphatic hydroxyl groups excluding tert-OH is 6. The Morgan fingerprint density at radius 1 is 1.02 bits per heavy atom. The smallest absolute Gasteiger partial charge is 0.306 e. The molecular formula is C33H55NO10. The van der Waals surface area contributed by atoms with Crippen LogP contribution in [0, 0.1) is 52.3 Å². The highest BCUT2D eigenvalue weighted by atomic mass is 16.6. The summed E-state index contributed by atoms with van der Waals surface area (Å²) in [4.78, 5) is 12.2. The fraction of sp³-hybridized carbons (Fsp3) is 0.909. The highest BCUT2D eigenvalue weighted by Gasteiger charge is 2.69. The number of nitrogens with two attached hydrogens (primary N) is 1. The van der Waals surface area contributed by atoms with Gasteiger partial charge in [-0.15, -0.1) is 0 Å². The fourth-order valence-electron chi connectivity index (χ4n) is 11.1. The Morgan fingerprint density at radius 2 is 1.73 bits per heavy atom. The molecule has 2 unspecified atom stereocenters. The van der Waals surface area contributed by atoms with E-state index < -0.39 is 71.8 Å². The number of esters is 1. The molecule has 44 heavy (non-hydrogen) atoms. The van der Waals surface area contributed by atoms with E-state index in [2.05, 4.69) is 27.4 Å². The van der Waals surface area contributed by atoms with Crippen LogP contribution < -0.4 is 5.73 Å². The van der Waals surface area contributed by atoms with Crippen molar-refractivity contribution in [3.63, 3.8) is 0 Å². The van der Waals surface area contributed by atoms with Crippen molar-refractivity contribution in [2.24, 2.45) is 58.0 Å². The third-order valence-corrected chi connectivity index (χ3v) is 13.4. The van der Waals surface area contributed by atoms with E-state index >= 15 is 0 Å². The molecule has 9 N–H and O–H groups in total. The van der Waals surface area contributed by atoms with Gasteiger partial charge in [-0.2, -0.15) is 0 Å². The summed E-state index contributed by atoms with van der Waals surface area (Å²) in [5.41, 5.74) is 2.52. The molecule has 5 rings (SSSR count). The maximum absolute atomic E-state index is 12.2. The van der Waals surface area contributed by atoms with Crippen LogP contribution in [0.5, 0.6) is 0 Å². The van der Waals surface area contributed by atoms with Crippen molar-refractivity contribution in [3.05, 3.63) is 12.7 Å². The van der Waals surface area contributed by atoms with Crippen molar-refractivity contribution in [1.82, 2.24) is 0 Å². The predicted molar refractivity (Wildman–Crippen MR) is 159 cm³/mol. The molecule has 0 bridgehead atoms. The van der Waals surface area contributed by atoms with E-state index in [1.54, 1.807) is 6.08 Å². The van der Waals surface area contributed by atoms with Crippen LogP contribution in [0.1, 0.15) is 72.1 Å². The molecular weight excluding hydrogens is 570 g/mol. The van der Waals surface area contributed by atoms with Gasteiger partial charge in [0.05, 0.1) is 31.0 Å². The molecule has 1 saturated heterocycles. The first-order valence-corrected chi connectivity index (χ1v) is 16.6. The number of fused-ring (bicyclic) bond motifs is 5. The van der Waals surface area contributed by atoms with Crippen LogP contribution in [0.2, 0.25) is 0 Å². The van der Waals surface area contributed by atoms with Gasteiger partial charge >= 0.3 is 5.97 Å². The summed E-state index contributed by atoms with van der Waals surface area (Å²) < 4.78 is 11.3. The van der Waals surface area contributed by atoms with Gasteiger partial charge in [0.1, 0.15) is 24.9 Å². The quantitative estimate of drug-likeness (QED) is 0.106. The van der Waals surface area contributed by atoms with Gasteiger partial charge in [-0.25, -0.2) is 0 Å². The highest BCUT2D eigenvalue weighted by Crippen LogP contribution is 2.70. The zero-order chi connectivity index (χ0) is 32.4. The number of hydrogen-bond donors (Lipinski definition) is 8. The number of ether oxygens (including phenoxy) is 2. The summed E-state index contributed by atoms with van der Waals surface area (Å²) in [6.07, 6.45) is -2.02. The van der Waals surface area contributed by atoms with Gasteiger partial charge in [-0.3, -0.25) is 10.5 Å². The lowest BCUT2D eigenvalue weighted by molar-refractivity contribution is -0.308. The molecule has 0 spiro atoms. The fourth-order valence-corrected chi connectivity index (χ4v) is 11.1. The van der Waals surface area contributed by atoms with Crippen LogP contribution in [-0.2, 0) is 14.3 Å². The molecule has 11 nitrogen and oxygen atoms in total. The molecule has 5 fully saturated rings. The van der Waals surface area contributed by atoms with Crippen molar-refractivity contribution in [2.75, 3.05) is 13.2 Å². The van der Waals surface area contributed by atoms with Crippen LogP contribution in [0.4, 0.5) is 0 Å². The van der Waals surface area contributed by atoms with E-state index in [0.29, 0.717) is 32.1 Å². The molecule has 4 aliphatic carbocycles. The predicted octanol–water partition coefficient (Wildman–Crippen LogP) is 0.448. The monoisotopic (exact) mass is 625 g/mol. The SMILES string of the molecule is C=CCOC(=O)CC[C@@H](C)[C@H]1CC[C@H]2[C@@H]3[C@H](O)C[C@@H]4C[C@H](O)CC(C5O[C@H](CO)[C@@H](O)[C@](N)(O)[C@H]5O)[C@]4(C)[C@H]3C[C@H](O)[C@]12C. The van der Waals surface area contributed by atoms with Crippen molar-refractivity contribution >= 4 is 5.97 Å². The second-order valence-electron chi connectivity index (χ2n) is 15.3. The summed E-state index contributed by atoms with van der Waals surface area (Å²) in [5.74, 6) is -0.934. The van der Waals surface area contributed by atoms with Crippen molar-refractivity contribution in [2.45, 2.75) is 121 Å². The Hall–Kier alpha value is -1.15. The molecule has 5 aliphatic rings. The van der Waals surface area contributed by atoms with Crippen LogP contribution in [0.3, 0.4) is 0 Å². The average molecular weight is 626 g/mol. The normalized spacial score (nSPS) is 52.8. The maximum Gasteiger partial charge on any atom is 0.306 e. The van der Waals surface area contributed by atoms with Gasteiger partial charge in [0, 0.05) is 6.42 Å². The van der Waals surface area contributed by atoms with E-state index in [1.165, 1.54) is 0 Å². The maximum atomic E-state index is 12.2. The lowest BCUT2D eigenvalue weighted by Crippen LogP contribution is -2.75. The molecule has 17 atom stereocenters. The minimum Gasteiger partial charge on any atom is -0.461 e. The molecule has 0 aromatic rings. The molecule has 1 heterocycles. The molecule has 0 aromatic heterocycles. The van der Waals surface area contributed by atoms with Crippen molar-refractivity contribution < 1.29 is 50.0 Å². The molecule has 1 aliphatic heterocycles. The lowest BCUT2D eigenvalue weighted by atomic mass is 9.40. The average Bonchev–Trinajstić information content (AvgIpc) is 3.33. The lowest BCUT2D eigenvalue weighted by Gasteiger charge is -2.67. The Balaban J connectivity index is 1.45. The third kappa shape index (κ3) is 5.28. The third-order valence-electron chi connectivity index (χ3n) is 13.4. The van der Waals surface area contributed by atoms with E-state index in [0.717, 1.165) is 12.8 Å². The van der Waals surface area contributed by atoms with E-state index in [-0.39, 0.29) is 54.5 Å². The first-order valence-electron chi connectivity index (χ1n) is 16.6. The van der Waals surface area contributed by atoms with E-state index in [1.807, 2.05) is 0 Å². The Morgan fingerprint density at radius 3 is 2.39 bits per heavy atom. The van der Waals surface area contributed by atoms with E-state index in [4.69, 9.17) is 15.2 Å². The second kappa shape index (κ2) is 12.5. The Labute approximate surface area is 260 Å². The van der Waals surface area contributed by atoms with Gasteiger partial charge in [0.2, 0.25) is 0 Å². The number of hydrogen-bond acceptors (Lipinski definition) is 11. The first-order chi connectivity index (χ1) is 20.6. The number of carbonyl (C=O) groups is 1. The summed E-state index contributed by atoms with van der Waals surface area (Å²) >= 11 is 0. The molecule has 0 aromatic carbocycles. The number of aliphatic hydroxyl groups is 7. The largest absolute Gasteiger partial charge is 0.461 e. The summed E-state index contributed by atoms with van der Waals surface area (Å²) in [5, 5.41) is 77.5. The van der Waals surface area contributed by atoms with E-state index in [9.17, 15) is 40.5 Å². The molecule has 252 valence electrons. The summed E-state index contributed by atoms with van der Waals surface area (Å²) in [7, 11) is 0. The molecule has 0 radical (unpaired) electrons. The Kier molecular flexibility index (Phi) is 9.69. The van der Waals surface area contributed by atoms with Gasteiger partial charge in [0.25, 0.3) is 0 Å². The first kappa shape index (κ1) is 34.2. The highest BCUT2D eigenvalue weighted by molar-refractivity contribution is 5.69.